The van der Waals surface area contributed by atoms with Gasteiger partial charge >= 0.3 is 0 Å². The molecule has 17 heavy (non-hydrogen) atoms. The maximum atomic E-state index is 3.75. The van der Waals surface area contributed by atoms with Crippen LogP contribution in [0.2, 0.25) is 0 Å². The second-order valence-corrected chi connectivity index (χ2v) is 6.26. The Labute approximate surface area is 108 Å². The van der Waals surface area contributed by atoms with E-state index in [1.807, 2.05) is 0 Å². The Balaban J connectivity index is 2.12. The van der Waals surface area contributed by atoms with Gasteiger partial charge in [0.2, 0.25) is 0 Å². The molecule has 0 bridgehead atoms. The van der Waals surface area contributed by atoms with Crippen LogP contribution in [0.25, 0.3) is 0 Å². The van der Waals surface area contributed by atoms with Gasteiger partial charge < -0.3 is 10.2 Å². The predicted octanol–water partition coefficient (Wildman–Crippen LogP) is 3.28. The number of rotatable bonds is 7. The molecule has 0 aromatic heterocycles. The molecule has 2 nitrogen and oxygen atoms in total. The van der Waals surface area contributed by atoms with Crippen molar-refractivity contribution < 1.29 is 0 Å². The minimum atomic E-state index is 0.663. The average molecular weight is 240 g/mol. The van der Waals surface area contributed by atoms with Crippen molar-refractivity contribution in [2.45, 2.75) is 71.4 Å². The fourth-order valence-electron chi connectivity index (χ4n) is 2.48. The first kappa shape index (κ1) is 15.0. The highest BCUT2D eigenvalue weighted by Crippen LogP contribution is 2.17. The summed E-state index contributed by atoms with van der Waals surface area (Å²) in [6, 6.07) is 1.46. The van der Waals surface area contributed by atoms with Crippen molar-refractivity contribution in [1.29, 1.82) is 0 Å². The molecule has 0 heterocycles. The largest absolute Gasteiger partial charge is 0.312 e. The van der Waals surface area contributed by atoms with Crippen molar-refractivity contribution in [3.63, 3.8) is 0 Å². The molecule has 1 N–H and O–H groups in total. The predicted molar refractivity (Wildman–Crippen MR) is 76.4 cm³/mol. The third-order valence-corrected chi connectivity index (χ3v) is 4.12. The van der Waals surface area contributed by atoms with Gasteiger partial charge in [0.15, 0.2) is 0 Å². The van der Waals surface area contributed by atoms with Gasteiger partial charge in [0.05, 0.1) is 0 Å². The first-order valence-electron chi connectivity index (χ1n) is 7.53. The zero-order chi connectivity index (χ0) is 12.7. The van der Waals surface area contributed by atoms with Gasteiger partial charge in [-0.3, -0.25) is 0 Å². The standard InChI is InChI=1S/C15H32N2/c1-13(2)10-11-17(4)14(3)12-16-15-8-6-5-7-9-15/h13-16H,5-12H2,1-4H3. The summed E-state index contributed by atoms with van der Waals surface area (Å²) >= 11 is 0. The van der Waals surface area contributed by atoms with Crippen molar-refractivity contribution in [2.75, 3.05) is 20.1 Å². The number of hydrogen-bond acceptors (Lipinski definition) is 2. The fourth-order valence-corrected chi connectivity index (χ4v) is 2.48. The summed E-state index contributed by atoms with van der Waals surface area (Å²) in [7, 11) is 2.26. The van der Waals surface area contributed by atoms with Crippen LogP contribution in [0.5, 0.6) is 0 Å². The van der Waals surface area contributed by atoms with Crippen LogP contribution in [0, 0.1) is 5.92 Å². The third kappa shape index (κ3) is 6.42. The average Bonchev–Trinajstić information content (AvgIpc) is 2.34. The Kier molecular flexibility index (Phi) is 7.14. The topological polar surface area (TPSA) is 15.3 Å². The Morgan fingerprint density at radius 1 is 1.12 bits per heavy atom. The van der Waals surface area contributed by atoms with Gasteiger partial charge in [-0.1, -0.05) is 33.1 Å². The zero-order valence-electron chi connectivity index (χ0n) is 12.3. The van der Waals surface area contributed by atoms with E-state index in [9.17, 15) is 0 Å². The molecule has 1 rings (SSSR count). The molecule has 0 amide bonds. The molecule has 0 aromatic rings. The third-order valence-electron chi connectivity index (χ3n) is 4.12. The van der Waals surface area contributed by atoms with Gasteiger partial charge in [0.1, 0.15) is 0 Å². The molecule has 1 fully saturated rings. The normalized spacial score (nSPS) is 20.1. The summed E-state index contributed by atoms with van der Waals surface area (Å²) in [5.41, 5.74) is 0. The summed E-state index contributed by atoms with van der Waals surface area (Å²) in [5.74, 6) is 0.816. The molecule has 0 radical (unpaired) electrons. The van der Waals surface area contributed by atoms with E-state index in [4.69, 9.17) is 0 Å². The Bertz CT molecular complexity index is 185. The molecule has 0 saturated heterocycles. The van der Waals surface area contributed by atoms with Crippen molar-refractivity contribution in [2.24, 2.45) is 5.92 Å². The lowest BCUT2D eigenvalue weighted by Crippen LogP contribution is -2.42. The first-order chi connectivity index (χ1) is 8.09. The monoisotopic (exact) mass is 240 g/mol. The fraction of sp³-hybridized carbons (Fsp3) is 1.00. The summed E-state index contributed by atoms with van der Waals surface area (Å²) in [5, 5.41) is 3.75. The maximum absolute atomic E-state index is 3.75. The van der Waals surface area contributed by atoms with Gasteiger partial charge in [-0.25, -0.2) is 0 Å². The molecule has 1 unspecified atom stereocenters. The smallest absolute Gasteiger partial charge is 0.0189 e. The molecule has 1 aliphatic carbocycles. The van der Waals surface area contributed by atoms with E-state index in [-0.39, 0.29) is 0 Å². The van der Waals surface area contributed by atoms with Crippen molar-refractivity contribution >= 4 is 0 Å². The highest BCUT2D eigenvalue weighted by atomic mass is 15.1. The molecule has 0 aromatic carbocycles. The van der Waals surface area contributed by atoms with E-state index >= 15 is 0 Å². The van der Waals surface area contributed by atoms with Crippen LogP contribution >= 0.6 is 0 Å². The molecule has 0 aliphatic heterocycles. The van der Waals surface area contributed by atoms with Crippen LogP contribution in [-0.4, -0.2) is 37.1 Å². The molecule has 0 spiro atoms. The van der Waals surface area contributed by atoms with Crippen LogP contribution in [0.15, 0.2) is 0 Å². The van der Waals surface area contributed by atoms with Crippen molar-refractivity contribution in [1.82, 2.24) is 10.2 Å². The lowest BCUT2D eigenvalue weighted by Gasteiger charge is -2.29. The van der Waals surface area contributed by atoms with E-state index in [1.54, 1.807) is 0 Å². The van der Waals surface area contributed by atoms with E-state index < -0.39 is 0 Å². The summed E-state index contributed by atoms with van der Waals surface area (Å²) in [6.45, 7) is 9.33. The lowest BCUT2D eigenvalue weighted by molar-refractivity contribution is 0.226. The zero-order valence-corrected chi connectivity index (χ0v) is 12.3. The highest BCUT2D eigenvalue weighted by molar-refractivity contribution is 4.75. The molecular weight excluding hydrogens is 208 g/mol. The molecular formula is C15H32N2. The van der Waals surface area contributed by atoms with Crippen LogP contribution in [0.4, 0.5) is 0 Å². The summed E-state index contributed by atoms with van der Waals surface area (Å²) in [6.07, 6.45) is 8.39. The van der Waals surface area contributed by atoms with Crippen molar-refractivity contribution in [3.05, 3.63) is 0 Å². The second kappa shape index (κ2) is 8.10. The molecule has 1 aliphatic rings. The first-order valence-corrected chi connectivity index (χ1v) is 7.53. The van der Waals surface area contributed by atoms with Gasteiger partial charge in [0.25, 0.3) is 0 Å². The number of nitrogens with zero attached hydrogens (tertiary/aromatic N) is 1. The Morgan fingerprint density at radius 3 is 2.35 bits per heavy atom. The van der Waals surface area contributed by atoms with Crippen LogP contribution < -0.4 is 5.32 Å². The molecule has 2 heteroatoms. The van der Waals surface area contributed by atoms with E-state index in [2.05, 4.69) is 38.0 Å². The quantitative estimate of drug-likeness (QED) is 0.735. The van der Waals surface area contributed by atoms with E-state index in [1.165, 1.54) is 45.1 Å². The van der Waals surface area contributed by atoms with Gasteiger partial charge in [-0.2, -0.15) is 0 Å². The molecule has 1 atom stereocenters. The number of likely N-dealkylation sites (N-methyl/N-ethyl adjacent to an activating group) is 1. The van der Waals surface area contributed by atoms with E-state index in [0.717, 1.165) is 18.5 Å². The van der Waals surface area contributed by atoms with Crippen LogP contribution in [0.3, 0.4) is 0 Å². The minimum Gasteiger partial charge on any atom is -0.312 e. The Morgan fingerprint density at radius 2 is 1.76 bits per heavy atom. The number of nitrogens with one attached hydrogen (secondary N) is 1. The molecule has 102 valence electrons. The lowest BCUT2D eigenvalue weighted by atomic mass is 9.95. The minimum absolute atomic E-state index is 0.663. The van der Waals surface area contributed by atoms with Gasteiger partial charge in [0, 0.05) is 18.6 Å². The van der Waals surface area contributed by atoms with Gasteiger partial charge in [-0.05, 0) is 45.7 Å². The number of hydrogen-bond donors (Lipinski definition) is 1. The molecule has 1 saturated carbocycles. The van der Waals surface area contributed by atoms with Gasteiger partial charge in [-0.15, -0.1) is 0 Å². The van der Waals surface area contributed by atoms with Crippen molar-refractivity contribution in [3.8, 4) is 0 Å². The van der Waals surface area contributed by atoms with E-state index in [0.29, 0.717) is 6.04 Å². The Hall–Kier alpha value is -0.0800. The maximum Gasteiger partial charge on any atom is 0.0189 e. The van der Waals surface area contributed by atoms with Crippen LogP contribution in [-0.2, 0) is 0 Å². The SMILES string of the molecule is CC(C)CCN(C)C(C)CNC1CCCCC1. The second-order valence-electron chi connectivity index (χ2n) is 6.26. The summed E-state index contributed by atoms with van der Waals surface area (Å²) < 4.78 is 0. The summed E-state index contributed by atoms with van der Waals surface area (Å²) in [4.78, 5) is 2.50. The van der Waals surface area contributed by atoms with Crippen LogP contribution in [0.1, 0.15) is 59.3 Å². The highest BCUT2D eigenvalue weighted by Gasteiger charge is 2.15.